The van der Waals surface area contributed by atoms with Crippen molar-refractivity contribution in [1.82, 2.24) is 10.3 Å². The minimum atomic E-state index is -0.944. The van der Waals surface area contributed by atoms with Crippen LogP contribution in [0, 0.1) is 0 Å². The molecule has 2 heterocycles. The number of hydrogen-bond donors (Lipinski definition) is 2. The number of carboxylic acids is 1. The van der Waals surface area contributed by atoms with Crippen molar-refractivity contribution in [2.24, 2.45) is 0 Å². The summed E-state index contributed by atoms with van der Waals surface area (Å²) >= 11 is 0. The van der Waals surface area contributed by atoms with Crippen LogP contribution in [0.25, 0.3) is 10.9 Å². The summed E-state index contributed by atoms with van der Waals surface area (Å²) in [5, 5.41) is 11.8. The molecule has 1 aliphatic heterocycles. The number of carboxylic acid groups (broad SMARTS) is 1. The molecule has 2 N–H and O–H groups in total. The smallest absolute Gasteiger partial charge is 0.340 e. The number of ether oxygens (including phenoxy) is 2. The molecule has 1 aromatic carbocycles. The summed E-state index contributed by atoms with van der Waals surface area (Å²) in [6.45, 7) is 5.83. The fourth-order valence-electron chi connectivity index (χ4n) is 3.24. The maximum atomic E-state index is 12.5. The van der Waals surface area contributed by atoms with Gasteiger partial charge < -0.3 is 14.6 Å². The molecule has 31 heavy (non-hydrogen) atoms. The van der Waals surface area contributed by atoms with Crippen molar-refractivity contribution < 1.29 is 29.0 Å². The van der Waals surface area contributed by atoms with Gasteiger partial charge in [0.2, 0.25) is 0 Å². The molecular weight excluding hydrogens is 400 g/mol. The second-order valence-electron chi connectivity index (χ2n) is 8.77. The van der Waals surface area contributed by atoms with Gasteiger partial charge in [-0.1, -0.05) is 0 Å². The van der Waals surface area contributed by atoms with Gasteiger partial charge in [0.25, 0.3) is 0 Å². The molecule has 0 unspecified atom stereocenters. The molecule has 166 valence electrons. The van der Waals surface area contributed by atoms with Crippen LogP contribution in [0.5, 0.6) is 5.75 Å². The predicted octanol–water partition coefficient (Wildman–Crippen LogP) is 3.08. The molecule has 1 aromatic heterocycles. The van der Waals surface area contributed by atoms with Crippen molar-refractivity contribution >= 4 is 28.6 Å². The highest BCUT2D eigenvalue weighted by Crippen LogP contribution is 2.42. The van der Waals surface area contributed by atoms with Gasteiger partial charge in [-0.2, -0.15) is 0 Å². The van der Waals surface area contributed by atoms with E-state index in [-0.39, 0.29) is 24.7 Å². The number of rotatable bonds is 4. The number of fused-ring (bicyclic) bond motifs is 1. The van der Waals surface area contributed by atoms with Gasteiger partial charge in [0.15, 0.2) is 0 Å². The van der Waals surface area contributed by atoms with Gasteiger partial charge in [0.1, 0.15) is 23.2 Å². The number of esters is 1. The van der Waals surface area contributed by atoms with Gasteiger partial charge in [-0.05, 0) is 51.8 Å². The summed E-state index contributed by atoms with van der Waals surface area (Å²) in [4.78, 5) is 37.8. The van der Waals surface area contributed by atoms with Crippen LogP contribution in [0.4, 0.5) is 0 Å². The molecular formula is C23H28N2O6. The Morgan fingerprint density at radius 3 is 2.39 bits per heavy atom. The van der Waals surface area contributed by atoms with E-state index in [4.69, 9.17) is 19.6 Å². The highest BCUT2D eigenvalue weighted by Gasteiger charge is 2.32. The Morgan fingerprint density at radius 1 is 1.19 bits per heavy atom. The van der Waals surface area contributed by atoms with Gasteiger partial charge in [0, 0.05) is 23.8 Å². The summed E-state index contributed by atoms with van der Waals surface area (Å²) in [7, 11) is 1.64. The summed E-state index contributed by atoms with van der Waals surface area (Å²) in [5.74, 6) is -0.118. The summed E-state index contributed by atoms with van der Waals surface area (Å²) in [6, 6.07) is 6.95. The summed E-state index contributed by atoms with van der Waals surface area (Å²) < 4.78 is 10.8. The molecule has 0 spiro atoms. The third-order valence-corrected chi connectivity index (χ3v) is 4.91. The van der Waals surface area contributed by atoms with Crippen LogP contribution in [0.3, 0.4) is 0 Å². The van der Waals surface area contributed by atoms with Crippen molar-refractivity contribution in [1.29, 1.82) is 0 Å². The molecule has 1 saturated carbocycles. The second kappa shape index (κ2) is 9.01. The Morgan fingerprint density at radius 2 is 1.90 bits per heavy atom. The number of pyridine rings is 1. The lowest BCUT2D eigenvalue weighted by Crippen LogP contribution is -2.29. The Hall–Kier alpha value is -3.00. The topological polar surface area (TPSA) is 115 Å². The molecule has 0 radical (unpaired) electrons. The molecule has 8 nitrogen and oxygen atoms in total. The van der Waals surface area contributed by atoms with E-state index in [9.17, 15) is 14.4 Å². The van der Waals surface area contributed by atoms with Crippen LogP contribution in [-0.2, 0) is 14.3 Å². The maximum Gasteiger partial charge on any atom is 0.340 e. The summed E-state index contributed by atoms with van der Waals surface area (Å²) in [5.41, 5.74) is 1.80. The van der Waals surface area contributed by atoms with Gasteiger partial charge in [-0.15, -0.1) is 0 Å². The SMILES string of the molecule is COc1ccc2cc(C(=O)OC(C)(C)C)c(C3CC3)nc2c1.O=C1CN[C@H](C(=O)O)C1. The van der Waals surface area contributed by atoms with E-state index in [1.807, 2.05) is 45.0 Å². The number of ketones is 1. The number of hydrogen-bond acceptors (Lipinski definition) is 7. The van der Waals surface area contributed by atoms with E-state index in [1.165, 1.54) is 0 Å². The number of aliphatic carboxylic acids is 1. The van der Waals surface area contributed by atoms with Crippen molar-refractivity contribution in [2.45, 2.75) is 57.6 Å². The van der Waals surface area contributed by atoms with Gasteiger partial charge >= 0.3 is 11.9 Å². The Labute approximate surface area is 180 Å². The van der Waals surface area contributed by atoms with E-state index in [2.05, 4.69) is 5.32 Å². The third kappa shape index (κ3) is 6.01. The minimum absolute atomic E-state index is 0.0256. The van der Waals surface area contributed by atoms with E-state index >= 15 is 0 Å². The quantitative estimate of drug-likeness (QED) is 0.714. The van der Waals surface area contributed by atoms with Gasteiger partial charge in [-0.25, -0.2) is 4.79 Å². The monoisotopic (exact) mass is 428 g/mol. The Kier molecular flexibility index (Phi) is 6.59. The number of aromatic nitrogens is 1. The van der Waals surface area contributed by atoms with Crippen molar-refractivity contribution in [3.63, 3.8) is 0 Å². The van der Waals surface area contributed by atoms with Crippen LogP contribution < -0.4 is 10.1 Å². The second-order valence-corrected chi connectivity index (χ2v) is 8.77. The molecule has 2 fully saturated rings. The molecule has 2 aromatic rings. The van der Waals surface area contributed by atoms with Crippen LogP contribution in [0.2, 0.25) is 0 Å². The van der Waals surface area contributed by atoms with E-state index in [0.29, 0.717) is 11.5 Å². The maximum absolute atomic E-state index is 12.5. The first-order chi connectivity index (χ1) is 14.6. The van der Waals surface area contributed by atoms with Gasteiger partial charge in [-0.3, -0.25) is 19.9 Å². The van der Waals surface area contributed by atoms with Crippen molar-refractivity contribution in [3.05, 3.63) is 35.5 Å². The molecule has 1 saturated heterocycles. The van der Waals surface area contributed by atoms with Crippen LogP contribution in [0.1, 0.15) is 62.0 Å². The molecule has 4 rings (SSSR count). The number of carbonyl (C=O) groups is 3. The van der Waals surface area contributed by atoms with Gasteiger partial charge in [0.05, 0.1) is 30.4 Å². The average molecular weight is 428 g/mol. The zero-order valence-corrected chi connectivity index (χ0v) is 18.2. The van der Waals surface area contributed by atoms with Crippen LogP contribution in [0.15, 0.2) is 24.3 Å². The number of nitrogens with one attached hydrogen (secondary N) is 1. The standard InChI is InChI=1S/C18H21NO3.C5H7NO3/c1-18(2,3)22-17(20)14-9-12-7-8-13(21-4)10-15(12)19-16(14)11-5-6-11;7-3-1-4(5(8)9)6-2-3/h7-11H,5-6H2,1-4H3;4,6H,1-2H2,(H,8,9)/t;4-/m.0/s1. The lowest BCUT2D eigenvalue weighted by atomic mass is 10.1. The first kappa shape index (κ1) is 22.7. The Bertz CT molecular complexity index is 1010. The summed E-state index contributed by atoms with van der Waals surface area (Å²) in [6.07, 6.45) is 2.30. The zero-order valence-electron chi connectivity index (χ0n) is 18.2. The Balaban J connectivity index is 0.000000254. The van der Waals surface area contributed by atoms with Crippen molar-refractivity contribution in [2.75, 3.05) is 13.7 Å². The van der Waals surface area contributed by atoms with E-state index in [0.717, 1.165) is 35.2 Å². The minimum Gasteiger partial charge on any atom is -0.497 e. The number of benzene rings is 1. The molecule has 1 aliphatic carbocycles. The van der Waals surface area contributed by atoms with E-state index < -0.39 is 17.6 Å². The van der Waals surface area contributed by atoms with E-state index in [1.54, 1.807) is 7.11 Å². The fraction of sp³-hybridized carbons (Fsp3) is 0.478. The molecule has 0 bridgehead atoms. The highest BCUT2D eigenvalue weighted by atomic mass is 16.6. The first-order valence-corrected chi connectivity index (χ1v) is 10.3. The normalized spacial score (nSPS) is 18.3. The molecule has 1 atom stereocenters. The zero-order chi connectivity index (χ0) is 22.8. The predicted molar refractivity (Wildman–Crippen MR) is 114 cm³/mol. The largest absolute Gasteiger partial charge is 0.497 e. The third-order valence-electron chi connectivity index (χ3n) is 4.91. The van der Waals surface area contributed by atoms with Crippen molar-refractivity contribution in [3.8, 4) is 5.75 Å². The van der Waals surface area contributed by atoms with Crippen LogP contribution >= 0.6 is 0 Å². The molecule has 8 heteroatoms. The molecule has 0 amide bonds. The number of Topliss-reactive ketones (excluding diaryl/α,β-unsaturated/α-hetero) is 1. The number of methoxy groups -OCH3 is 1. The first-order valence-electron chi connectivity index (χ1n) is 10.3. The average Bonchev–Trinajstić information content (AvgIpc) is 3.45. The molecule has 2 aliphatic rings. The lowest BCUT2D eigenvalue weighted by Gasteiger charge is -2.20. The highest BCUT2D eigenvalue weighted by molar-refractivity contribution is 5.96. The number of carbonyl (C=O) groups excluding carboxylic acids is 2. The van der Waals surface area contributed by atoms with Crippen LogP contribution in [-0.4, -0.2) is 53.1 Å². The fourth-order valence-corrected chi connectivity index (χ4v) is 3.24. The number of nitrogens with zero attached hydrogens (tertiary/aromatic N) is 1. The lowest BCUT2D eigenvalue weighted by molar-refractivity contribution is -0.139.